The molecule has 1 aliphatic heterocycles. The number of hydrogen-bond acceptors (Lipinski definition) is 6. The Morgan fingerprint density at radius 3 is 2.34 bits per heavy atom. The van der Waals surface area contributed by atoms with Crippen molar-refractivity contribution in [3.05, 3.63) is 0 Å². The van der Waals surface area contributed by atoms with Gasteiger partial charge in [0.1, 0.15) is 18.1 Å². The second kappa shape index (κ2) is 14.5. The number of carbonyl (C=O) groups is 4. The summed E-state index contributed by atoms with van der Waals surface area (Å²) in [4.78, 5) is 56.0. The summed E-state index contributed by atoms with van der Waals surface area (Å²) in [7, 11) is 0. The van der Waals surface area contributed by atoms with Gasteiger partial charge in [-0.25, -0.2) is 4.79 Å². The lowest BCUT2D eigenvalue weighted by atomic mass is 9.97. The van der Waals surface area contributed by atoms with Crippen molar-refractivity contribution in [3.63, 3.8) is 0 Å². The van der Waals surface area contributed by atoms with Gasteiger partial charge < -0.3 is 37.8 Å². The first-order valence-electron chi connectivity index (χ1n) is 12.3. The maximum atomic E-state index is 13.2. The Labute approximate surface area is 207 Å². The second-order valence-corrected chi connectivity index (χ2v) is 9.65. The van der Waals surface area contributed by atoms with Gasteiger partial charge in [0, 0.05) is 13.1 Å². The number of carbonyl (C=O) groups excluding carboxylic acids is 3. The molecule has 0 saturated carbocycles. The predicted molar refractivity (Wildman–Crippen MR) is 133 cm³/mol. The molecule has 12 heteroatoms. The van der Waals surface area contributed by atoms with Gasteiger partial charge in [0.15, 0.2) is 5.96 Å². The summed E-state index contributed by atoms with van der Waals surface area (Å²) >= 11 is 0. The van der Waals surface area contributed by atoms with Gasteiger partial charge >= 0.3 is 5.97 Å². The van der Waals surface area contributed by atoms with Crippen molar-refractivity contribution in [2.45, 2.75) is 90.4 Å². The van der Waals surface area contributed by atoms with Crippen molar-refractivity contribution in [2.24, 2.45) is 34.0 Å². The molecule has 3 amide bonds. The highest BCUT2D eigenvalue weighted by Crippen LogP contribution is 2.21. The number of amides is 3. The van der Waals surface area contributed by atoms with Gasteiger partial charge in [-0.2, -0.15) is 0 Å². The molecular weight excluding hydrogens is 454 g/mol. The van der Waals surface area contributed by atoms with Crippen LogP contribution in [0.5, 0.6) is 0 Å². The molecule has 1 fully saturated rings. The molecule has 9 N–H and O–H groups in total. The van der Waals surface area contributed by atoms with E-state index < -0.39 is 42.0 Å². The van der Waals surface area contributed by atoms with Gasteiger partial charge in [-0.05, 0) is 43.9 Å². The number of hydrogen-bond donors (Lipinski definition) is 6. The monoisotopic (exact) mass is 497 g/mol. The van der Waals surface area contributed by atoms with E-state index in [1.165, 1.54) is 4.90 Å². The van der Waals surface area contributed by atoms with Crippen LogP contribution in [0.25, 0.3) is 0 Å². The number of aliphatic carboxylic acids is 1. The number of nitrogens with one attached hydrogen (secondary N) is 2. The molecule has 0 aromatic rings. The fourth-order valence-corrected chi connectivity index (χ4v) is 4.10. The zero-order valence-corrected chi connectivity index (χ0v) is 21.3. The van der Waals surface area contributed by atoms with Crippen LogP contribution in [0, 0.1) is 11.8 Å². The average Bonchev–Trinajstić information content (AvgIpc) is 3.27. The summed E-state index contributed by atoms with van der Waals surface area (Å²) < 4.78 is 0. The van der Waals surface area contributed by atoms with E-state index in [-0.39, 0.29) is 36.7 Å². The first-order valence-corrected chi connectivity index (χ1v) is 12.3. The third-order valence-electron chi connectivity index (χ3n) is 6.23. The highest BCUT2D eigenvalue weighted by Gasteiger charge is 2.38. The van der Waals surface area contributed by atoms with Crippen molar-refractivity contribution in [3.8, 4) is 0 Å². The van der Waals surface area contributed by atoms with Crippen molar-refractivity contribution >= 4 is 29.7 Å². The Morgan fingerprint density at radius 2 is 1.80 bits per heavy atom. The summed E-state index contributed by atoms with van der Waals surface area (Å²) in [6, 6.07) is -3.50. The molecule has 35 heavy (non-hydrogen) atoms. The SMILES string of the molecule is CCC(C)C(NC(=O)C1CCCN1C(=O)C(N)CC(C)C)C(=O)NC(CCCN=C(N)N)C(=O)O. The van der Waals surface area contributed by atoms with Crippen LogP contribution in [0.2, 0.25) is 0 Å². The Balaban J connectivity index is 2.89. The number of rotatable bonds is 14. The molecule has 0 aromatic carbocycles. The standard InChI is InChI=1S/C23H43N7O5/c1-5-14(4)18(20(32)28-16(22(34)35)8-6-10-27-23(25)26)29-19(31)17-9-7-11-30(17)21(33)15(24)12-13(2)3/h13-18H,5-12,24H2,1-4H3,(H,28,32)(H,29,31)(H,34,35)(H4,25,26,27). The number of carboxylic acid groups (broad SMARTS) is 1. The van der Waals surface area contributed by atoms with Crippen LogP contribution in [0.1, 0.15) is 66.2 Å². The maximum Gasteiger partial charge on any atom is 0.326 e. The largest absolute Gasteiger partial charge is 0.480 e. The van der Waals surface area contributed by atoms with E-state index >= 15 is 0 Å². The van der Waals surface area contributed by atoms with Crippen molar-refractivity contribution in [2.75, 3.05) is 13.1 Å². The normalized spacial score (nSPS) is 18.9. The topological polar surface area (TPSA) is 206 Å². The fourth-order valence-electron chi connectivity index (χ4n) is 4.10. The Kier molecular flexibility index (Phi) is 12.5. The van der Waals surface area contributed by atoms with E-state index in [1.807, 2.05) is 20.8 Å². The number of carboxylic acids is 1. The van der Waals surface area contributed by atoms with E-state index in [2.05, 4.69) is 15.6 Å². The van der Waals surface area contributed by atoms with E-state index in [4.69, 9.17) is 17.2 Å². The molecular formula is C23H43N7O5. The molecule has 1 heterocycles. The first-order chi connectivity index (χ1) is 16.4. The Bertz CT molecular complexity index is 769. The fraction of sp³-hybridized carbons (Fsp3) is 0.783. The van der Waals surface area contributed by atoms with Crippen molar-refractivity contribution in [1.82, 2.24) is 15.5 Å². The lowest BCUT2D eigenvalue weighted by Crippen LogP contribution is -2.58. The van der Waals surface area contributed by atoms with Crippen LogP contribution in [0.3, 0.4) is 0 Å². The first kappa shape index (κ1) is 30.1. The van der Waals surface area contributed by atoms with Crippen LogP contribution in [0.15, 0.2) is 4.99 Å². The minimum Gasteiger partial charge on any atom is -0.480 e. The lowest BCUT2D eigenvalue weighted by molar-refractivity contribution is -0.143. The quantitative estimate of drug-likeness (QED) is 0.104. The lowest BCUT2D eigenvalue weighted by Gasteiger charge is -2.30. The van der Waals surface area contributed by atoms with Crippen LogP contribution in [-0.2, 0) is 19.2 Å². The molecule has 1 rings (SSSR count). The third kappa shape index (κ3) is 9.71. The average molecular weight is 498 g/mol. The van der Waals surface area contributed by atoms with E-state index in [9.17, 15) is 24.3 Å². The number of guanidine groups is 1. The zero-order chi connectivity index (χ0) is 26.7. The van der Waals surface area contributed by atoms with Gasteiger partial charge in [-0.3, -0.25) is 19.4 Å². The van der Waals surface area contributed by atoms with Gasteiger partial charge in [-0.15, -0.1) is 0 Å². The Morgan fingerprint density at radius 1 is 1.14 bits per heavy atom. The van der Waals surface area contributed by atoms with Crippen LogP contribution in [0.4, 0.5) is 0 Å². The molecule has 200 valence electrons. The smallest absolute Gasteiger partial charge is 0.326 e. The van der Waals surface area contributed by atoms with E-state index in [1.54, 1.807) is 6.92 Å². The van der Waals surface area contributed by atoms with Gasteiger partial charge in [-0.1, -0.05) is 34.1 Å². The predicted octanol–water partition coefficient (Wildman–Crippen LogP) is -0.495. The van der Waals surface area contributed by atoms with E-state index in [0.29, 0.717) is 38.6 Å². The summed E-state index contributed by atoms with van der Waals surface area (Å²) in [6.45, 7) is 8.29. The molecule has 5 atom stereocenters. The number of nitrogens with zero attached hydrogens (tertiary/aromatic N) is 2. The molecule has 0 radical (unpaired) electrons. The van der Waals surface area contributed by atoms with Gasteiger partial charge in [0.25, 0.3) is 0 Å². The molecule has 0 aromatic heterocycles. The van der Waals surface area contributed by atoms with Crippen LogP contribution < -0.4 is 27.8 Å². The third-order valence-corrected chi connectivity index (χ3v) is 6.23. The molecule has 1 aliphatic rings. The van der Waals surface area contributed by atoms with Gasteiger partial charge in [0.05, 0.1) is 6.04 Å². The summed E-state index contributed by atoms with van der Waals surface area (Å²) in [5, 5.41) is 14.8. The van der Waals surface area contributed by atoms with Crippen LogP contribution in [-0.4, -0.2) is 76.9 Å². The molecule has 5 unspecified atom stereocenters. The number of nitrogens with two attached hydrogens (primary N) is 3. The minimum atomic E-state index is -1.19. The highest BCUT2D eigenvalue weighted by molar-refractivity contribution is 5.94. The van der Waals surface area contributed by atoms with E-state index in [0.717, 1.165) is 0 Å². The number of aliphatic imine (C=N–C) groups is 1. The second-order valence-electron chi connectivity index (χ2n) is 9.65. The summed E-state index contributed by atoms with van der Waals surface area (Å²) in [6.07, 6.45) is 2.70. The van der Waals surface area contributed by atoms with Crippen molar-refractivity contribution < 1.29 is 24.3 Å². The van der Waals surface area contributed by atoms with Crippen molar-refractivity contribution in [1.29, 1.82) is 0 Å². The highest BCUT2D eigenvalue weighted by atomic mass is 16.4. The summed E-state index contributed by atoms with van der Waals surface area (Å²) in [5.41, 5.74) is 16.6. The Hall–Kier alpha value is -2.89. The maximum absolute atomic E-state index is 13.2. The number of likely N-dealkylation sites (tertiary alicyclic amines) is 1. The molecule has 12 nitrogen and oxygen atoms in total. The van der Waals surface area contributed by atoms with Crippen LogP contribution >= 0.6 is 0 Å². The molecule has 1 saturated heterocycles. The minimum absolute atomic E-state index is 0.0925. The summed E-state index contributed by atoms with van der Waals surface area (Å²) in [5.74, 6) is -2.60. The molecule has 0 aliphatic carbocycles. The zero-order valence-electron chi connectivity index (χ0n) is 21.3. The van der Waals surface area contributed by atoms with Gasteiger partial charge in [0.2, 0.25) is 17.7 Å². The molecule has 0 bridgehead atoms. The molecule has 0 spiro atoms.